The number of rotatable bonds is 5. The van der Waals surface area contributed by atoms with Crippen molar-refractivity contribution < 1.29 is 38.1 Å². The molecule has 9 heteroatoms. The van der Waals surface area contributed by atoms with E-state index in [1.165, 1.54) is 0 Å². The SMILES string of the molecule is C[C@@H]1OC(=O)[C@@H](N(C(=O)OC(C)(C)C)C(=O)OC(C)(C)C)CCCC[C@H](Oc2ccccc2)[C@H]1OC1CCCC1. The van der Waals surface area contributed by atoms with Crippen LogP contribution in [-0.4, -0.2) is 64.7 Å². The number of carbonyl (C=O) groups excluding carboxylic acids is 3. The summed E-state index contributed by atoms with van der Waals surface area (Å²) in [6, 6.07) is 8.36. The van der Waals surface area contributed by atoms with E-state index in [1.807, 2.05) is 30.3 Å². The zero-order chi connectivity index (χ0) is 29.5. The second kappa shape index (κ2) is 13.7. The number of amides is 2. The van der Waals surface area contributed by atoms with E-state index < -0.39 is 47.6 Å². The molecule has 1 aliphatic heterocycles. The van der Waals surface area contributed by atoms with Crippen LogP contribution in [0, 0.1) is 0 Å². The lowest BCUT2D eigenvalue weighted by atomic mass is 9.98. The van der Waals surface area contributed by atoms with Gasteiger partial charge >= 0.3 is 18.2 Å². The van der Waals surface area contributed by atoms with Gasteiger partial charge in [-0.25, -0.2) is 14.4 Å². The zero-order valence-corrected chi connectivity index (χ0v) is 25.1. The number of carbonyl (C=O) groups is 3. The maximum atomic E-state index is 13.7. The maximum absolute atomic E-state index is 13.7. The Morgan fingerprint density at radius 2 is 1.35 bits per heavy atom. The first-order valence-corrected chi connectivity index (χ1v) is 14.6. The number of imide groups is 1. The molecule has 9 nitrogen and oxygen atoms in total. The number of hydrogen-bond acceptors (Lipinski definition) is 8. The lowest BCUT2D eigenvalue weighted by Crippen LogP contribution is -2.54. The summed E-state index contributed by atoms with van der Waals surface area (Å²) in [6.07, 6.45) is 2.79. The summed E-state index contributed by atoms with van der Waals surface area (Å²) in [4.78, 5) is 41.0. The van der Waals surface area contributed by atoms with Crippen LogP contribution in [0.2, 0.25) is 0 Å². The van der Waals surface area contributed by atoms with Gasteiger partial charge in [-0.3, -0.25) is 0 Å². The van der Waals surface area contributed by atoms with Gasteiger partial charge in [0.05, 0.1) is 6.10 Å². The number of esters is 1. The van der Waals surface area contributed by atoms with E-state index in [2.05, 4.69) is 0 Å². The van der Waals surface area contributed by atoms with Gasteiger partial charge in [0.1, 0.15) is 41.3 Å². The molecule has 0 aromatic heterocycles. The van der Waals surface area contributed by atoms with Crippen molar-refractivity contribution in [3.8, 4) is 5.75 Å². The Bertz CT molecular complexity index is 949. The highest BCUT2D eigenvalue weighted by atomic mass is 16.6. The molecular formula is C31H47NO8. The maximum Gasteiger partial charge on any atom is 0.420 e. The first-order valence-electron chi connectivity index (χ1n) is 14.6. The van der Waals surface area contributed by atoms with Crippen molar-refractivity contribution in [3.05, 3.63) is 30.3 Å². The van der Waals surface area contributed by atoms with Gasteiger partial charge in [0.15, 0.2) is 0 Å². The molecule has 4 atom stereocenters. The highest BCUT2D eigenvalue weighted by molar-refractivity contribution is 5.94. The van der Waals surface area contributed by atoms with E-state index >= 15 is 0 Å². The Hall–Kier alpha value is -2.81. The molecule has 0 spiro atoms. The molecule has 224 valence electrons. The van der Waals surface area contributed by atoms with Crippen molar-refractivity contribution in [2.24, 2.45) is 0 Å². The van der Waals surface area contributed by atoms with Crippen molar-refractivity contribution in [3.63, 3.8) is 0 Å². The number of nitrogens with zero attached hydrogens (tertiary/aromatic N) is 1. The number of para-hydroxylation sites is 1. The molecule has 1 aliphatic carbocycles. The molecular weight excluding hydrogens is 514 g/mol. The predicted octanol–water partition coefficient (Wildman–Crippen LogP) is 6.81. The fraction of sp³-hybridized carbons (Fsp3) is 0.710. The molecule has 0 unspecified atom stereocenters. The van der Waals surface area contributed by atoms with E-state index in [0.29, 0.717) is 19.3 Å². The molecule has 1 saturated carbocycles. The van der Waals surface area contributed by atoms with Crippen LogP contribution in [0.3, 0.4) is 0 Å². The summed E-state index contributed by atoms with van der Waals surface area (Å²) in [5, 5.41) is 0. The van der Waals surface area contributed by atoms with E-state index in [9.17, 15) is 14.4 Å². The minimum Gasteiger partial charge on any atom is -0.488 e. The second-order valence-corrected chi connectivity index (χ2v) is 12.7. The Morgan fingerprint density at radius 1 is 0.825 bits per heavy atom. The third-order valence-electron chi connectivity index (χ3n) is 6.79. The quantitative estimate of drug-likeness (QED) is 0.286. The van der Waals surface area contributed by atoms with E-state index in [1.54, 1.807) is 48.5 Å². The monoisotopic (exact) mass is 561 g/mol. The molecule has 1 aromatic carbocycles. The molecule has 3 rings (SSSR count). The zero-order valence-electron chi connectivity index (χ0n) is 25.1. The van der Waals surface area contributed by atoms with E-state index in [4.69, 9.17) is 23.7 Å². The Morgan fingerprint density at radius 3 is 1.90 bits per heavy atom. The highest BCUT2D eigenvalue weighted by Gasteiger charge is 2.43. The van der Waals surface area contributed by atoms with Crippen molar-refractivity contribution in [2.75, 3.05) is 0 Å². The Labute approximate surface area is 238 Å². The van der Waals surface area contributed by atoms with Crippen LogP contribution in [0.5, 0.6) is 5.75 Å². The lowest BCUT2D eigenvalue weighted by molar-refractivity contribution is -0.174. The van der Waals surface area contributed by atoms with Gasteiger partial charge in [0.25, 0.3) is 0 Å². The third-order valence-corrected chi connectivity index (χ3v) is 6.79. The normalized spacial score (nSPS) is 25.0. The van der Waals surface area contributed by atoms with Crippen LogP contribution in [-0.2, 0) is 23.7 Å². The summed E-state index contributed by atoms with van der Waals surface area (Å²) in [6.45, 7) is 12.0. The van der Waals surface area contributed by atoms with Crippen LogP contribution >= 0.6 is 0 Å². The van der Waals surface area contributed by atoms with Gasteiger partial charge in [0.2, 0.25) is 0 Å². The Balaban J connectivity index is 1.89. The smallest absolute Gasteiger partial charge is 0.420 e. The van der Waals surface area contributed by atoms with Crippen molar-refractivity contribution in [1.29, 1.82) is 0 Å². The molecule has 2 fully saturated rings. The van der Waals surface area contributed by atoms with Crippen molar-refractivity contribution in [1.82, 2.24) is 4.90 Å². The summed E-state index contributed by atoms with van der Waals surface area (Å²) >= 11 is 0. The Kier molecular flexibility index (Phi) is 10.9. The van der Waals surface area contributed by atoms with Crippen LogP contribution in [0.4, 0.5) is 9.59 Å². The minimum atomic E-state index is -1.20. The van der Waals surface area contributed by atoms with E-state index in [-0.39, 0.29) is 18.6 Å². The summed E-state index contributed by atoms with van der Waals surface area (Å²) < 4.78 is 30.0. The summed E-state index contributed by atoms with van der Waals surface area (Å²) in [5.41, 5.74) is -1.76. The topological polar surface area (TPSA) is 101 Å². The lowest BCUT2D eigenvalue weighted by Gasteiger charge is -2.37. The number of hydrogen-bond donors (Lipinski definition) is 0. The molecule has 40 heavy (non-hydrogen) atoms. The first-order chi connectivity index (χ1) is 18.7. The second-order valence-electron chi connectivity index (χ2n) is 12.7. The molecule has 0 N–H and O–H groups in total. The number of ether oxygens (including phenoxy) is 5. The third kappa shape index (κ3) is 9.68. The van der Waals surface area contributed by atoms with Gasteiger partial charge in [-0.2, -0.15) is 4.90 Å². The van der Waals surface area contributed by atoms with Gasteiger partial charge in [-0.15, -0.1) is 0 Å². The van der Waals surface area contributed by atoms with Crippen LogP contribution < -0.4 is 4.74 Å². The van der Waals surface area contributed by atoms with Crippen LogP contribution in [0.25, 0.3) is 0 Å². The van der Waals surface area contributed by atoms with Gasteiger partial charge in [0, 0.05) is 0 Å². The summed E-state index contributed by atoms with van der Waals surface area (Å²) in [5.74, 6) is 0.0200. The first kappa shape index (κ1) is 31.7. The minimum absolute atomic E-state index is 0.0618. The average molecular weight is 562 g/mol. The summed E-state index contributed by atoms with van der Waals surface area (Å²) in [7, 11) is 0. The molecule has 0 bridgehead atoms. The van der Waals surface area contributed by atoms with Gasteiger partial charge in [-0.1, -0.05) is 37.5 Å². The average Bonchev–Trinajstić information content (AvgIpc) is 3.34. The van der Waals surface area contributed by atoms with Crippen LogP contribution in [0.1, 0.15) is 99.8 Å². The molecule has 2 amide bonds. The van der Waals surface area contributed by atoms with E-state index in [0.717, 1.165) is 36.3 Å². The predicted molar refractivity (Wildman–Crippen MR) is 150 cm³/mol. The molecule has 1 saturated heterocycles. The number of cyclic esters (lactones) is 1. The van der Waals surface area contributed by atoms with Crippen molar-refractivity contribution in [2.45, 2.75) is 141 Å². The fourth-order valence-corrected chi connectivity index (χ4v) is 5.03. The van der Waals surface area contributed by atoms with Crippen LogP contribution in [0.15, 0.2) is 30.3 Å². The molecule has 1 aromatic rings. The van der Waals surface area contributed by atoms with Crippen molar-refractivity contribution >= 4 is 18.2 Å². The standard InChI is InChI=1S/C31H47NO8/c1-21-26(38-23-17-11-12-18-23)25(37-22-15-9-8-10-16-22)20-14-13-19-24(27(33)36-21)32(28(34)39-30(2,3)4)29(35)40-31(5,6)7/h8-10,15-16,21,23-26H,11-14,17-20H2,1-7H3/t21-,24-,25-,26-/m0/s1. The highest BCUT2D eigenvalue weighted by Crippen LogP contribution is 2.30. The molecule has 2 aliphatic rings. The largest absolute Gasteiger partial charge is 0.488 e. The molecule has 1 heterocycles. The molecule has 0 radical (unpaired) electrons. The number of benzene rings is 1. The van der Waals surface area contributed by atoms with Gasteiger partial charge < -0.3 is 23.7 Å². The van der Waals surface area contributed by atoms with Gasteiger partial charge in [-0.05, 0) is 92.7 Å². The fourth-order valence-electron chi connectivity index (χ4n) is 5.03.